The summed E-state index contributed by atoms with van der Waals surface area (Å²) >= 11 is 0. The third-order valence-electron chi connectivity index (χ3n) is 3.57. The van der Waals surface area contributed by atoms with Crippen molar-refractivity contribution in [3.05, 3.63) is 23.9 Å². The van der Waals surface area contributed by atoms with Crippen molar-refractivity contribution in [3.8, 4) is 0 Å². The van der Waals surface area contributed by atoms with E-state index in [1.54, 1.807) is 19.3 Å². The van der Waals surface area contributed by atoms with E-state index in [-0.39, 0.29) is 11.9 Å². The molecule has 1 saturated heterocycles. The highest BCUT2D eigenvalue weighted by atomic mass is 16.2. The summed E-state index contributed by atoms with van der Waals surface area (Å²) in [5, 5.41) is 2.97. The van der Waals surface area contributed by atoms with Gasteiger partial charge in [-0.15, -0.1) is 0 Å². The average Bonchev–Trinajstić information content (AvgIpc) is 2.58. The molecule has 104 valence electrons. The number of aromatic nitrogens is 1. The van der Waals surface area contributed by atoms with Crippen LogP contribution >= 0.6 is 0 Å². The van der Waals surface area contributed by atoms with Crippen molar-refractivity contribution in [2.45, 2.75) is 19.4 Å². The Bertz CT molecular complexity index is 449. The number of amides is 1. The van der Waals surface area contributed by atoms with Gasteiger partial charge in [-0.3, -0.25) is 4.79 Å². The lowest BCUT2D eigenvalue weighted by Crippen LogP contribution is -2.42. The Hall–Kier alpha value is -1.62. The van der Waals surface area contributed by atoms with Gasteiger partial charge in [-0.05, 0) is 39.1 Å². The smallest absolute Gasteiger partial charge is 0.254 e. The molecule has 2 heterocycles. The molecular weight excluding hydrogens is 240 g/mol. The zero-order valence-electron chi connectivity index (χ0n) is 11.9. The molecular formula is C14H22N4O. The van der Waals surface area contributed by atoms with Gasteiger partial charge in [0.25, 0.3) is 5.91 Å². The fourth-order valence-corrected chi connectivity index (χ4v) is 2.54. The minimum atomic E-state index is 0.0988. The van der Waals surface area contributed by atoms with Crippen LogP contribution in [0.1, 0.15) is 23.7 Å². The molecule has 1 amide bonds. The van der Waals surface area contributed by atoms with Crippen LogP contribution in [0.4, 0.5) is 5.82 Å². The van der Waals surface area contributed by atoms with Gasteiger partial charge in [0, 0.05) is 37.9 Å². The van der Waals surface area contributed by atoms with Gasteiger partial charge < -0.3 is 15.1 Å². The quantitative estimate of drug-likeness (QED) is 0.872. The highest BCUT2D eigenvalue weighted by molar-refractivity contribution is 5.95. The molecule has 0 aromatic carbocycles. The van der Waals surface area contributed by atoms with Gasteiger partial charge in [0.15, 0.2) is 0 Å². The summed E-state index contributed by atoms with van der Waals surface area (Å²) in [6.45, 7) is 4.91. The molecule has 19 heavy (non-hydrogen) atoms. The van der Waals surface area contributed by atoms with Crippen LogP contribution in [0.15, 0.2) is 18.3 Å². The first-order valence-electron chi connectivity index (χ1n) is 6.75. The Labute approximate surface area is 114 Å². The Balaban J connectivity index is 2.17. The predicted molar refractivity (Wildman–Crippen MR) is 76.4 cm³/mol. The molecule has 0 aliphatic carbocycles. The molecule has 1 aromatic heterocycles. The molecule has 1 fully saturated rings. The fourth-order valence-electron chi connectivity index (χ4n) is 2.54. The van der Waals surface area contributed by atoms with Crippen molar-refractivity contribution in [2.24, 2.45) is 0 Å². The van der Waals surface area contributed by atoms with Gasteiger partial charge in [-0.25, -0.2) is 4.98 Å². The molecule has 2 rings (SSSR count). The summed E-state index contributed by atoms with van der Waals surface area (Å²) in [4.78, 5) is 21.0. The summed E-state index contributed by atoms with van der Waals surface area (Å²) in [6.07, 6.45) is 2.70. The van der Waals surface area contributed by atoms with E-state index in [2.05, 4.69) is 29.2 Å². The maximum absolute atomic E-state index is 12.6. The van der Waals surface area contributed by atoms with Crippen LogP contribution in [0, 0.1) is 0 Å². The molecule has 0 spiro atoms. The summed E-state index contributed by atoms with van der Waals surface area (Å²) < 4.78 is 0. The van der Waals surface area contributed by atoms with Crippen molar-refractivity contribution >= 4 is 11.7 Å². The van der Waals surface area contributed by atoms with Crippen LogP contribution in [0.3, 0.4) is 0 Å². The monoisotopic (exact) mass is 262 g/mol. The number of rotatable bonds is 2. The van der Waals surface area contributed by atoms with Gasteiger partial charge in [0.1, 0.15) is 5.82 Å². The molecule has 5 nitrogen and oxygen atoms in total. The van der Waals surface area contributed by atoms with Gasteiger partial charge >= 0.3 is 0 Å². The number of hydrogen-bond donors (Lipinski definition) is 1. The summed E-state index contributed by atoms with van der Waals surface area (Å²) in [7, 11) is 3.91. The second-order valence-corrected chi connectivity index (χ2v) is 5.14. The van der Waals surface area contributed by atoms with Crippen LogP contribution in [-0.4, -0.2) is 60.5 Å². The number of nitrogens with one attached hydrogen (secondary N) is 1. The second-order valence-electron chi connectivity index (χ2n) is 5.14. The minimum Gasteiger partial charge on any atom is -0.373 e. The van der Waals surface area contributed by atoms with E-state index in [0.717, 1.165) is 31.9 Å². The molecule has 0 saturated carbocycles. The molecule has 5 heteroatoms. The lowest BCUT2D eigenvalue weighted by molar-refractivity contribution is 0.0696. The zero-order valence-corrected chi connectivity index (χ0v) is 11.9. The standard InChI is InChI=1S/C14H22N4O/c1-11-10-17(3)7-4-8-18(11)14(19)12-5-6-16-13(9-12)15-2/h5-6,9,11H,4,7-8,10H2,1-3H3,(H,15,16). The summed E-state index contributed by atoms with van der Waals surface area (Å²) in [5.41, 5.74) is 0.704. The van der Waals surface area contributed by atoms with Crippen molar-refractivity contribution in [3.63, 3.8) is 0 Å². The predicted octanol–water partition coefficient (Wildman–Crippen LogP) is 1.29. The second kappa shape index (κ2) is 6.02. The number of nitrogens with zero attached hydrogens (tertiary/aromatic N) is 3. The molecule has 0 bridgehead atoms. The number of hydrogen-bond acceptors (Lipinski definition) is 4. The van der Waals surface area contributed by atoms with E-state index in [9.17, 15) is 4.79 Å². The topological polar surface area (TPSA) is 48.5 Å². The van der Waals surface area contributed by atoms with Gasteiger partial charge in [-0.2, -0.15) is 0 Å². The maximum Gasteiger partial charge on any atom is 0.254 e. The minimum absolute atomic E-state index is 0.0988. The van der Waals surface area contributed by atoms with Crippen LogP contribution in [0.5, 0.6) is 0 Å². The number of pyridine rings is 1. The van der Waals surface area contributed by atoms with E-state index >= 15 is 0 Å². The van der Waals surface area contributed by atoms with E-state index in [0.29, 0.717) is 5.56 Å². The number of likely N-dealkylation sites (N-methyl/N-ethyl adjacent to an activating group) is 1. The average molecular weight is 262 g/mol. The normalized spacial score (nSPS) is 21.0. The molecule has 0 radical (unpaired) electrons. The van der Waals surface area contributed by atoms with E-state index < -0.39 is 0 Å². The Morgan fingerprint density at radius 1 is 1.47 bits per heavy atom. The SMILES string of the molecule is CNc1cc(C(=O)N2CCCN(C)CC2C)ccn1. The Morgan fingerprint density at radius 3 is 3.00 bits per heavy atom. The third-order valence-corrected chi connectivity index (χ3v) is 3.57. The van der Waals surface area contributed by atoms with Crippen molar-refractivity contribution in [2.75, 3.05) is 39.0 Å². The maximum atomic E-state index is 12.6. The fraction of sp³-hybridized carbons (Fsp3) is 0.571. The Kier molecular flexibility index (Phi) is 4.37. The lowest BCUT2D eigenvalue weighted by Gasteiger charge is -2.28. The van der Waals surface area contributed by atoms with Gasteiger partial charge in [0.2, 0.25) is 0 Å². The lowest BCUT2D eigenvalue weighted by atomic mass is 10.2. The van der Waals surface area contributed by atoms with Crippen LogP contribution in [0.2, 0.25) is 0 Å². The Morgan fingerprint density at radius 2 is 2.26 bits per heavy atom. The molecule has 1 aliphatic rings. The first kappa shape index (κ1) is 13.8. The van der Waals surface area contributed by atoms with Crippen LogP contribution in [-0.2, 0) is 0 Å². The molecule has 1 N–H and O–H groups in total. The molecule has 1 aliphatic heterocycles. The summed E-state index contributed by atoms with van der Waals surface area (Å²) in [5.74, 6) is 0.826. The first-order valence-corrected chi connectivity index (χ1v) is 6.75. The molecule has 1 aromatic rings. The van der Waals surface area contributed by atoms with Crippen molar-refractivity contribution < 1.29 is 4.79 Å². The number of anilines is 1. The van der Waals surface area contributed by atoms with Crippen LogP contribution < -0.4 is 5.32 Å². The highest BCUT2D eigenvalue weighted by Gasteiger charge is 2.24. The van der Waals surface area contributed by atoms with Crippen LogP contribution in [0.25, 0.3) is 0 Å². The third kappa shape index (κ3) is 3.23. The van der Waals surface area contributed by atoms with Crippen molar-refractivity contribution in [1.29, 1.82) is 0 Å². The highest BCUT2D eigenvalue weighted by Crippen LogP contribution is 2.15. The van der Waals surface area contributed by atoms with Gasteiger partial charge in [0.05, 0.1) is 0 Å². The number of carbonyl (C=O) groups is 1. The van der Waals surface area contributed by atoms with Gasteiger partial charge in [-0.1, -0.05) is 0 Å². The first-order chi connectivity index (χ1) is 9.11. The molecule has 1 unspecified atom stereocenters. The largest absolute Gasteiger partial charge is 0.373 e. The van der Waals surface area contributed by atoms with E-state index in [1.165, 1.54) is 0 Å². The molecule has 1 atom stereocenters. The van der Waals surface area contributed by atoms with Crippen molar-refractivity contribution in [1.82, 2.24) is 14.8 Å². The zero-order chi connectivity index (χ0) is 13.8. The van der Waals surface area contributed by atoms with E-state index in [1.807, 2.05) is 11.0 Å². The van der Waals surface area contributed by atoms with E-state index in [4.69, 9.17) is 0 Å². The summed E-state index contributed by atoms with van der Waals surface area (Å²) in [6, 6.07) is 3.83. The number of carbonyl (C=O) groups excluding carboxylic acids is 1.